The van der Waals surface area contributed by atoms with Crippen LogP contribution in [0.4, 0.5) is 0 Å². The van der Waals surface area contributed by atoms with Crippen molar-refractivity contribution in [1.29, 1.82) is 0 Å². The van der Waals surface area contributed by atoms with Crippen LogP contribution in [-0.2, 0) is 29.7 Å². The molecule has 0 aliphatic carbocycles. The Morgan fingerprint density at radius 1 is 0.818 bits per heavy atom. The molecule has 1 heterocycles. The van der Waals surface area contributed by atoms with E-state index >= 15 is 0 Å². The SMILES string of the molecule is COc1ccc(C2OC[C@H](OCc3ccccc3)[C@@H](C(C)(C)[C@H](CCO[Si](C)(C)C(C)(C)C)O[Si](C)(C)C(C)(C)C)O2)cc1. The normalized spacial score (nSPS) is 21.2. The van der Waals surface area contributed by atoms with Gasteiger partial charge in [-0.05, 0) is 60.4 Å². The first-order valence-electron chi connectivity index (χ1n) is 16.2. The van der Waals surface area contributed by atoms with E-state index < -0.39 is 28.3 Å². The van der Waals surface area contributed by atoms with Gasteiger partial charge in [-0.2, -0.15) is 0 Å². The van der Waals surface area contributed by atoms with Crippen LogP contribution in [0.1, 0.15) is 79.2 Å². The first kappa shape index (κ1) is 36.9. The molecular formula is C36H60O6Si2. The molecule has 8 heteroatoms. The molecule has 0 radical (unpaired) electrons. The van der Waals surface area contributed by atoms with Crippen LogP contribution in [-0.4, -0.2) is 55.3 Å². The topological polar surface area (TPSA) is 55.4 Å². The molecule has 0 N–H and O–H groups in total. The van der Waals surface area contributed by atoms with Gasteiger partial charge in [0.05, 0.1) is 32.5 Å². The molecule has 248 valence electrons. The fourth-order valence-electron chi connectivity index (χ4n) is 4.97. The molecule has 0 amide bonds. The monoisotopic (exact) mass is 644 g/mol. The number of hydrogen-bond donors (Lipinski definition) is 0. The van der Waals surface area contributed by atoms with Crippen molar-refractivity contribution in [3.05, 3.63) is 65.7 Å². The first-order chi connectivity index (χ1) is 20.3. The third-order valence-electron chi connectivity index (χ3n) is 10.2. The van der Waals surface area contributed by atoms with E-state index in [9.17, 15) is 0 Å². The van der Waals surface area contributed by atoms with Crippen LogP contribution in [0, 0.1) is 5.41 Å². The second-order valence-corrected chi connectivity index (χ2v) is 25.5. The summed E-state index contributed by atoms with van der Waals surface area (Å²) in [6.07, 6.45) is -0.388. The Morgan fingerprint density at radius 3 is 1.95 bits per heavy atom. The number of methoxy groups -OCH3 is 1. The van der Waals surface area contributed by atoms with Gasteiger partial charge in [-0.15, -0.1) is 0 Å². The summed E-state index contributed by atoms with van der Waals surface area (Å²) >= 11 is 0. The van der Waals surface area contributed by atoms with Crippen LogP contribution in [0.15, 0.2) is 54.6 Å². The summed E-state index contributed by atoms with van der Waals surface area (Å²) in [5, 5.41) is 0.205. The largest absolute Gasteiger partial charge is 0.497 e. The van der Waals surface area contributed by atoms with E-state index in [2.05, 4.69) is 93.7 Å². The minimum Gasteiger partial charge on any atom is -0.497 e. The quantitative estimate of drug-likeness (QED) is 0.203. The van der Waals surface area contributed by atoms with Gasteiger partial charge >= 0.3 is 0 Å². The zero-order valence-electron chi connectivity index (χ0n) is 29.8. The van der Waals surface area contributed by atoms with E-state index in [0.717, 1.165) is 23.3 Å². The second kappa shape index (κ2) is 14.5. The summed E-state index contributed by atoms with van der Waals surface area (Å²) in [6.45, 7) is 29.2. The lowest BCUT2D eigenvalue weighted by Crippen LogP contribution is -2.57. The van der Waals surface area contributed by atoms with Gasteiger partial charge in [0.2, 0.25) is 0 Å². The smallest absolute Gasteiger partial charge is 0.192 e. The number of benzene rings is 2. The van der Waals surface area contributed by atoms with Crippen LogP contribution in [0.25, 0.3) is 0 Å². The molecule has 0 aromatic heterocycles. The highest BCUT2D eigenvalue weighted by molar-refractivity contribution is 6.74. The molecule has 1 aliphatic rings. The van der Waals surface area contributed by atoms with Crippen molar-refractivity contribution in [3.63, 3.8) is 0 Å². The molecule has 2 aromatic rings. The summed E-state index contributed by atoms with van der Waals surface area (Å²) < 4.78 is 39.2. The van der Waals surface area contributed by atoms with Gasteiger partial charge in [-0.25, -0.2) is 0 Å². The third kappa shape index (κ3) is 9.27. The minimum atomic E-state index is -2.14. The van der Waals surface area contributed by atoms with Gasteiger partial charge in [-0.1, -0.05) is 97.9 Å². The van der Waals surface area contributed by atoms with Gasteiger partial charge in [0.15, 0.2) is 22.9 Å². The van der Waals surface area contributed by atoms with Crippen LogP contribution < -0.4 is 4.74 Å². The number of rotatable bonds is 13. The Labute approximate surface area is 270 Å². The van der Waals surface area contributed by atoms with Gasteiger partial charge in [0.1, 0.15) is 11.9 Å². The summed E-state index contributed by atoms with van der Waals surface area (Å²) in [7, 11) is -2.39. The number of hydrogen-bond acceptors (Lipinski definition) is 6. The van der Waals surface area contributed by atoms with Crippen molar-refractivity contribution < 1.29 is 27.8 Å². The lowest BCUT2D eigenvalue weighted by molar-refractivity contribution is -0.297. The van der Waals surface area contributed by atoms with E-state index in [0.29, 0.717) is 19.8 Å². The highest BCUT2D eigenvalue weighted by atomic mass is 28.4. The Morgan fingerprint density at radius 2 is 1.41 bits per heavy atom. The maximum absolute atomic E-state index is 7.28. The maximum Gasteiger partial charge on any atom is 0.192 e. The molecule has 1 saturated heterocycles. The van der Waals surface area contributed by atoms with Gasteiger partial charge < -0.3 is 27.8 Å². The maximum atomic E-state index is 7.28. The summed E-state index contributed by atoms with van der Waals surface area (Å²) in [4.78, 5) is 0. The first-order valence-corrected chi connectivity index (χ1v) is 22.0. The van der Waals surface area contributed by atoms with E-state index in [1.807, 2.05) is 42.5 Å². The van der Waals surface area contributed by atoms with Crippen LogP contribution in [0.5, 0.6) is 5.75 Å². The predicted octanol–water partition coefficient (Wildman–Crippen LogP) is 9.52. The van der Waals surface area contributed by atoms with Crippen molar-refractivity contribution in [2.45, 2.75) is 129 Å². The van der Waals surface area contributed by atoms with Gasteiger partial charge in [-0.3, -0.25) is 0 Å². The molecule has 1 unspecified atom stereocenters. The van der Waals surface area contributed by atoms with Crippen molar-refractivity contribution in [2.24, 2.45) is 5.41 Å². The Bertz CT molecular complexity index is 1150. The van der Waals surface area contributed by atoms with Crippen molar-refractivity contribution >= 4 is 16.6 Å². The Hall–Kier alpha value is -1.53. The molecule has 44 heavy (non-hydrogen) atoms. The summed E-state index contributed by atoms with van der Waals surface area (Å²) in [5.41, 5.74) is 1.66. The Balaban J connectivity index is 1.95. The number of ether oxygens (including phenoxy) is 4. The van der Waals surface area contributed by atoms with Crippen LogP contribution >= 0.6 is 0 Å². The van der Waals surface area contributed by atoms with Crippen molar-refractivity contribution in [3.8, 4) is 5.75 Å². The van der Waals surface area contributed by atoms with Crippen LogP contribution in [0.2, 0.25) is 36.3 Å². The van der Waals surface area contributed by atoms with Gasteiger partial charge in [0, 0.05) is 17.6 Å². The molecule has 1 aliphatic heterocycles. The molecule has 6 nitrogen and oxygen atoms in total. The fraction of sp³-hybridized carbons (Fsp3) is 0.667. The summed E-state index contributed by atoms with van der Waals surface area (Å²) in [5.74, 6) is 0.801. The van der Waals surface area contributed by atoms with Crippen molar-refractivity contribution in [2.75, 3.05) is 20.3 Å². The zero-order valence-corrected chi connectivity index (χ0v) is 31.8. The highest BCUT2D eigenvalue weighted by Crippen LogP contribution is 2.45. The molecule has 3 rings (SSSR count). The molecular weight excluding hydrogens is 585 g/mol. The van der Waals surface area contributed by atoms with Gasteiger partial charge in [0.25, 0.3) is 0 Å². The fourth-order valence-corrected chi connectivity index (χ4v) is 7.52. The standard InChI is InChI=1S/C36H60O6Si2/c1-34(2,3)43(10,11)40-24-23-31(42-44(12,13)35(4,5)6)36(7,8)32-30(38-25-27-17-15-14-16-18-27)26-39-33(41-32)28-19-21-29(37-9)22-20-28/h14-22,30-33H,23-26H2,1-13H3/t30-,31-,32-,33?/m0/s1. The molecule has 0 bridgehead atoms. The van der Waals surface area contributed by atoms with Crippen molar-refractivity contribution in [1.82, 2.24) is 0 Å². The minimum absolute atomic E-state index is 0.0625. The molecule has 2 aromatic carbocycles. The molecule has 0 spiro atoms. The van der Waals surface area contributed by atoms with Crippen LogP contribution in [0.3, 0.4) is 0 Å². The van der Waals surface area contributed by atoms with E-state index in [-0.39, 0.29) is 28.4 Å². The average Bonchev–Trinajstić information content (AvgIpc) is 2.94. The Kier molecular flexibility index (Phi) is 12.2. The second-order valence-electron chi connectivity index (χ2n) is 15.9. The molecule has 1 fully saturated rings. The van der Waals surface area contributed by atoms with E-state index in [4.69, 9.17) is 27.8 Å². The lowest BCUT2D eigenvalue weighted by atomic mass is 9.76. The third-order valence-corrected chi connectivity index (χ3v) is 19.2. The molecule has 0 saturated carbocycles. The average molecular weight is 645 g/mol. The lowest BCUT2D eigenvalue weighted by Gasteiger charge is -2.50. The van der Waals surface area contributed by atoms with E-state index in [1.165, 1.54) is 0 Å². The molecule has 4 atom stereocenters. The zero-order chi connectivity index (χ0) is 33.0. The summed E-state index contributed by atoms with van der Waals surface area (Å²) in [6, 6.07) is 18.2. The van der Waals surface area contributed by atoms with E-state index in [1.54, 1.807) is 7.11 Å². The predicted molar refractivity (Wildman–Crippen MR) is 185 cm³/mol. The highest BCUT2D eigenvalue weighted by Gasteiger charge is 2.50.